The van der Waals surface area contributed by atoms with Gasteiger partial charge in [0, 0.05) is 0 Å². The van der Waals surface area contributed by atoms with Crippen LogP contribution >= 0.6 is 0 Å². The molecule has 4 heterocycles. The fourth-order valence-electron chi connectivity index (χ4n) is 1.93. The van der Waals surface area contributed by atoms with E-state index in [9.17, 15) is 10.1 Å². The molecule has 0 amide bonds. The Kier molecular flexibility index (Phi) is 2.44. The van der Waals surface area contributed by atoms with E-state index in [0.717, 1.165) is 4.52 Å². The van der Waals surface area contributed by atoms with Crippen molar-refractivity contribution in [3.63, 3.8) is 0 Å². The van der Waals surface area contributed by atoms with Crippen LogP contribution in [0.1, 0.15) is 0 Å². The highest BCUT2D eigenvalue weighted by Gasteiger charge is 2.29. The highest BCUT2D eigenvalue weighted by molar-refractivity contribution is 5.86. The molecule has 0 bridgehead atoms. The molecule has 4 aromatic heterocycles. The molecule has 0 atom stereocenters. The van der Waals surface area contributed by atoms with Crippen LogP contribution in [0.5, 0.6) is 0 Å². The fraction of sp³-hybridized carbons (Fsp3) is 0. The molecule has 4 aromatic rings. The van der Waals surface area contributed by atoms with Crippen molar-refractivity contribution in [3.05, 3.63) is 10.1 Å². The minimum Gasteiger partial charge on any atom is -0.376 e. The Bertz CT molecular complexity index is 1000. The van der Waals surface area contributed by atoms with Gasteiger partial charge in [-0.15, -0.1) is 20.4 Å². The Morgan fingerprint density at radius 3 is 2.35 bits per heavy atom. The van der Waals surface area contributed by atoms with Gasteiger partial charge in [0.1, 0.15) is 11.3 Å². The number of H-pyrrole nitrogens is 2. The lowest BCUT2D eigenvalue weighted by atomic mass is 10.2. The van der Waals surface area contributed by atoms with Crippen LogP contribution in [0.3, 0.4) is 0 Å². The molecule has 114 valence electrons. The molecule has 0 saturated carbocycles. The van der Waals surface area contributed by atoms with Gasteiger partial charge in [-0.3, -0.25) is 0 Å². The van der Waals surface area contributed by atoms with E-state index in [1.54, 1.807) is 0 Å². The molecule has 16 heteroatoms. The molecule has 0 fully saturated rings. The smallest absolute Gasteiger partial charge is 0.376 e. The van der Waals surface area contributed by atoms with Crippen molar-refractivity contribution in [2.24, 2.45) is 0 Å². The van der Waals surface area contributed by atoms with Crippen molar-refractivity contribution < 1.29 is 4.92 Å². The second kappa shape index (κ2) is 4.44. The third kappa shape index (κ3) is 1.74. The van der Waals surface area contributed by atoms with Gasteiger partial charge in [0.05, 0.1) is 5.10 Å². The van der Waals surface area contributed by atoms with Gasteiger partial charge < -0.3 is 15.8 Å². The molecule has 0 radical (unpaired) electrons. The molecule has 4 rings (SSSR count). The number of tetrazole rings is 2. The minimum atomic E-state index is -0.772. The summed E-state index contributed by atoms with van der Waals surface area (Å²) in [5.74, 6) is -0.751. The van der Waals surface area contributed by atoms with E-state index in [4.69, 9.17) is 5.73 Å². The number of nitrogens with two attached hydrogens (primary N) is 1. The van der Waals surface area contributed by atoms with Gasteiger partial charge in [-0.25, -0.2) is 0 Å². The first-order chi connectivity index (χ1) is 11.2. The largest absolute Gasteiger partial charge is 0.433 e. The molecular weight excluding hydrogens is 312 g/mol. The molecule has 0 spiro atoms. The molecule has 23 heavy (non-hydrogen) atoms. The van der Waals surface area contributed by atoms with E-state index in [0.29, 0.717) is 0 Å². The van der Waals surface area contributed by atoms with E-state index in [1.165, 1.54) is 0 Å². The first-order valence-corrected chi connectivity index (χ1v) is 5.83. The van der Waals surface area contributed by atoms with Crippen molar-refractivity contribution in [2.45, 2.75) is 0 Å². The number of hydrogen-bond donors (Lipinski definition) is 3. The van der Waals surface area contributed by atoms with Crippen LogP contribution in [0.25, 0.3) is 28.6 Å². The van der Waals surface area contributed by atoms with Crippen LogP contribution in [0.15, 0.2) is 0 Å². The second-order valence-corrected chi connectivity index (χ2v) is 4.10. The summed E-state index contributed by atoms with van der Waals surface area (Å²) >= 11 is 0. The van der Waals surface area contributed by atoms with Crippen LogP contribution in [-0.4, -0.2) is 66.0 Å². The van der Waals surface area contributed by atoms with Crippen molar-refractivity contribution in [3.8, 4) is 22.9 Å². The molecule has 0 aliphatic heterocycles. The van der Waals surface area contributed by atoms with Crippen LogP contribution < -0.4 is 5.73 Å². The zero-order chi connectivity index (χ0) is 16.0. The third-order valence-corrected chi connectivity index (χ3v) is 2.86. The number of rotatable bonds is 3. The van der Waals surface area contributed by atoms with E-state index in [1.807, 2.05) is 0 Å². The number of nitro groups is 1. The van der Waals surface area contributed by atoms with Crippen LogP contribution in [0.4, 0.5) is 11.6 Å². The molecule has 0 aromatic carbocycles. The van der Waals surface area contributed by atoms with E-state index in [2.05, 4.69) is 56.5 Å². The van der Waals surface area contributed by atoms with Gasteiger partial charge in [-0.2, -0.15) is 20.0 Å². The van der Waals surface area contributed by atoms with Gasteiger partial charge in [0.25, 0.3) is 0 Å². The molecule has 0 unspecified atom stereocenters. The lowest BCUT2D eigenvalue weighted by molar-refractivity contribution is -0.389. The maximum Gasteiger partial charge on any atom is 0.433 e. The number of aromatic nitrogens is 12. The Labute approximate surface area is 123 Å². The molecule has 4 N–H and O–H groups in total. The maximum atomic E-state index is 10.9. The van der Waals surface area contributed by atoms with E-state index >= 15 is 0 Å². The van der Waals surface area contributed by atoms with Gasteiger partial charge in [-0.1, -0.05) is 0 Å². The fourth-order valence-corrected chi connectivity index (χ4v) is 1.93. The number of hydrogen-bond acceptors (Lipinski definition) is 12. The number of nitrogens with zero attached hydrogens (tertiary/aromatic N) is 11. The van der Waals surface area contributed by atoms with Crippen LogP contribution in [-0.2, 0) is 0 Å². The normalized spacial score (nSPS) is 11.1. The summed E-state index contributed by atoms with van der Waals surface area (Å²) in [4.78, 5) is 10.1. The van der Waals surface area contributed by atoms with Crippen molar-refractivity contribution >= 4 is 17.3 Å². The number of anilines is 1. The lowest BCUT2D eigenvalue weighted by Gasteiger charge is -1.97. The predicted molar refractivity (Wildman–Crippen MR) is 68.2 cm³/mol. The van der Waals surface area contributed by atoms with E-state index < -0.39 is 10.7 Å². The van der Waals surface area contributed by atoms with Crippen LogP contribution in [0.2, 0.25) is 0 Å². The van der Waals surface area contributed by atoms with Crippen molar-refractivity contribution in [2.75, 3.05) is 5.73 Å². The Balaban J connectivity index is 2.10. The van der Waals surface area contributed by atoms with Gasteiger partial charge in [0.15, 0.2) is 0 Å². The standard InChI is InChI=1S/C7H4N14O2/c8-3-7(21(22)23)14-13-6-1(4-9-16-17-10-4)2(15-20(3)6)5-11-18-19-12-5/h8H2,(H,9,10,16,17)(H,11,12,18,19). The summed E-state index contributed by atoms with van der Waals surface area (Å²) < 4.78 is 1.03. The Hall–Kier alpha value is -4.11. The average Bonchev–Trinajstić information content (AvgIpc) is 3.26. The summed E-state index contributed by atoms with van der Waals surface area (Å²) in [7, 11) is 0. The molecule has 16 nitrogen and oxygen atoms in total. The zero-order valence-electron chi connectivity index (χ0n) is 10.8. The van der Waals surface area contributed by atoms with E-state index in [-0.39, 0.29) is 34.4 Å². The predicted octanol–water partition coefficient (Wildman–Crippen LogP) is -2.03. The topological polar surface area (TPSA) is 221 Å². The minimum absolute atomic E-state index is 0.0781. The lowest BCUT2D eigenvalue weighted by Crippen LogP contribution is -2.07. The number of aromatic amines is 2. The molecule has 0 aliphatic carbocycles. The van der Waals surface area contributed by atoms with Gasteiger partial charge in [-0.05, 0) is 20.4 Å². The summed E-state index contributed by atoms with van der Waals surface area (Å²) in [5, 5.41) is 49.0. The monoisotopic (exact) mass is 316 g/mol. The molecular formula is C7H4N14O2. The van der Waals surface area contributed by atoms with Gasteiger partial charge in [0.2, 0.25) is 23.1 Å². The SMILES string of the molecule is Nc1c([N+](=O)[O-])nnc2c(-c3nn[nH]n3)c(-c3nn[nH]n3)nn12. The Morgan fingerprint density at radius 2 is 1.74 bits per heavy atom. The average molecular weight is 316 g/mol. The molecule has 0 saturated heterocycles. The van der Waals surface area contributed by atoms with Crippen molar-refractivity contribution in [1.29, 1.82) is 0 Å². The Morgan fingerprint density at radius 1 is 1.04 bits per heavy atom. The summed E-state index contributed by atoms with van der Waals surface area (Å²) in [6.07, 6.45) is 0. The third-order valence-electron chi connectivity index (χ3n) is 2.86. The van der Waals surface area contributed by atoms with Crippen LogP contribution in [0, 0.1) is 10.1 Å². The maximum absolute atomic E-state index is 10.9. The number of fused-ring (bicyclic) bond motifs is 1. The number of nitrogen functional groups attached to an aromatic ring is 1. The first kappa shape index (κ1) is 12.6. The first-order valence-electron chi connectivity index (χ1n) is 5.83. The number of nitrogens with one attached hydrogen (secondary N) is 2. The summed E-state index contributed by atoms with van der Waals surface area (Å²) in [6, 6.07) is 0. The second-order valence-electron chi connectivity index (χ2n) is 4.10. The van der Waals surface area contributed by atoms with Crippen molar-refractivity contribution in [1.82, 2.24) is 61.1 Å². The molecule has 0 aliphatic rings. The highest BCUT2D eigenvalue weighted by Crippen LogP contribution is 2.31. The summed E-state index contributed by atoms with van der Waals surface area (Å²) in [5.41, 5.74) is 6.21. The highest BCUT2D eigenvalue weighted by atomic mass is 16.6. The quantitative estimate of drug-likeness (QED) is 0.275. The summed E-state index contributed by atoms with van der Waals surface area (Å²) in [6.45, 7) is 0. The van der Waals surface area contributed by atoms with Gasteiger partial charge >= 0.3 is 5.82 Å². The zero-order valence-corrected chi connectivity index (χ0v) is 10.8.